The van der Waals surface area contributed by atoms with Gasteiger partial charge in [0.05, 0.1) is 0 Å². The van der Waals surface area contributed by atoms with E-state index in [-0.39, 0.29) is 5.82 Å². The third kappa shape index (κ3) is 2.91. The van der Waals surface area contributed by atoms with E-state index in [2.05, 4.69) is 18.3 Å². The monoisotopic (exact) mass is 269 g/mol. The zero-order valence-electron chi connectivity index (χ0n) is 12.0. The number of hydrogen-bond acceptors (Lipinski definition) is 1. The van der Waals surface area contributed by atoms with Gasteiger partial charge in [-0.25, -0.2) is 4.39 Å². The number of aryl methyl sites for hydroxylation is 2. The molecule has 1 aliphatic rings. The van der Waals surface area contributed by atoms with Crippen molar-refractivity contribution in [1.29, 1.82) is 0 Å². The summed E-state index contributed by atoms with van der Waals surface area (Å²) in [4.78, 5) is 0. The quantitative estimate of drug-likeness (QED) is 0.869. The van der Waals surface area contributed by atoms with Gasteiger partial charge in [0.15, 0.2) is 0 Å². The Kier molecular flexibility index (Phi) is 3.58. The van der Waals surface area contributed by atoms with E-state index in [9.17, 15) is 4.39 Å². The topological polar surface area (TPSA) is 12.0 Å². The third-order valence-corrected chi connectivity index (χ3v) is 3.88. The SMILES string of the molecule is Cc1ccc(-c2cc(CNC3CC3)ccc2F)c(C)c1. The van der Waals surface area contributed by atoms with Crippen molar-refractivity contribution in [2.45, 2.75) is 39.3 Å². The van der Waals surface area contributed by atoms with Gasteiger partial charge in [-0.15, -0.1) is 0 Å². The van der Waals surface area contributed by atoms with E-state index in [1.807, 2.05) is 31.2 Å². The van der Waals surface area contributed by atoms with E-state index in [1.165, 1.54) is 18.4 Å². The molecule has 1 N–H and O–H groups in total. The van der Waals surface area contributed by atoms with E-state index < -0.39 is 0 Å². The van der Waals surface area contributed by atoms with E-state index in [1.54, 1.807) is 6.07 Å². The first-order chi connectivity index (χ1) is 9.63. The van der Waals surface area contributed by atoms with Crippen molar-refractivity contribution in [3.63, 3.8) is 0 Å². The maximum atomic E-state index is 14.1. The Bertz CT molecular complexity index is 629. The summed E-state index contributed by atoms with van der Waals surface area (Å²) in [5.74, 6) is -0.146. The van der Waals surface area contributed by atoms with Gasteiger partial charge in [0.25, 0.3) is 0 Å². The Balaban J connectivity index is 1.92. The van der Waals surface area contributed by atoms with Crippen molar-refractivity contribution < 1.29 is 4.39 Å². The summed E-state index contributed by atoms with van der Waals surface area (Å²) in [6.45, 7) is 4.92. The van der Waals surface area contributed by atoms with Crippen molar-refractivity contribution in [3.05, 3.63) is 58.9 Å². The van der Waals surface area contributed by atoms with Crippen molar-refractivity contribution in [2.24, 2.45) is 0 Å². The Morgan fingerprint density at radius 1 is 1.05 bits per heavy atom. The number of hydrogen-bond donors (Lipinski definition) is 1. The van der Waals surface area contributed by atoms with E-state index in [4.69, 9.17) is 0 Å². The zero-order valence-corrected chi connectivity index (χ0v) is 12.0. The predicted octanol–water partition coefficient (Wildman–Crippen LogP) is 4.36. The van der Waals surface area contributed by atoms with Gasteiger partial charge in [-0.1, -0.05) is 29.8 Å². The summed E-state index contributed by atoms with van der Waals surface area (Å²) >= 11 is 0. The number of benzene rings is 2. The average Bonchev–Trinajstić information content (AvgIpc) is 3.22. The molecule has 0 saturated heterocycles. The van der Waals surface area contributed by atoms with Crippen LogP contribution in [0.4, 0.5) is 4.39 Å². The van der Waals surface area contributed by atoms with Crippen LogP contribution in [0, 0.1) is 19.7 Å². The molecule has 2 heteroatoms. The van der Waals surface area contributed by atoms with Gasteiger partial charge in [0.2, 0.25) is 0 Å². The molecule has 0 aliphatic heterocycles. The van der Waals surface area contributed by atoms with E-state index in [0.717, 1.165) is 23.2 Å². The molecule has 1 saturated carbocycles. The van der Waals surface area contributed by atoms with Gasteiger partial charge in [-0.2, -0.15) is 0 Å². The summed E-state index contributed by atoms with van der Waals surface area (Å²) in [6.07, 6.45) is 2.54. The van der Waals surface area contributed by atoms with E-state index >= 15 is 0 Å². The van der Waals surface area contributed by atoms with Gasteiger partial charge < -0.3 is 5.32 Å². The number of halogens is 1. The molecule has 0 bridgehead atoms. The molecule has 0 unspecified atom stereocenters. The summed E-state index contributed by atoms with van der Waals surface area (Å²) in [6, 6.07) is 12.3. The molecule has 0 heterocycles. The van der Waals surface area contributed by atoms with Gasteiger partial charge >= 0.3 is 0 Å². The molecule has 0 atom stereocenters. The molecule has 1 aliphatic carbocycles. The molecule has 2 aromatic carbocycles. The van der Waals surface area contributed by atoms with Crippen LogP contribution in [-0.2, 0) is 6.54 Å². The fourth-order valence-corrected chi connectivity index (χ4v) is 2.55. The lowest BCUT2D eigenvalue weighted by Crippen LogP contribution is -2.15. The molecule has 1 nitrogen and oxygen atoms in total. The average molecular weight is 269 g/mol. The zero-order chi connectivity index (χ0) is 14.1. The van der Waals surface area contributed by atoms with Crippen LogP contribution in [0.3, 0.4) is 0 Å². The van der Waals surface area contributed by atoms with Crippen molar-refractivity contribution >= 4 is 0 Å². The Morgan fingerprint density at radius 3 is 2.55 bits per heavy atom. The molecule has 0 amide bonds. The highest BCUT2D eigenvalue weighted by Gasteiger charge is 2.20. The summed E-state index contributed by atoms with van der Waals surface area (Å²) in [5, 5.41) is 3.47. The number of nitrogens with one attached hydrogen (secondary N) is 1. The molecule has 0 spiro atoms. The summed E-state index contributed by atoms with van der Waals surface area (Å²) < 4.78 is 14.1. The minimum absolute atomic E-state index is 0.146. The molecule has 2 aromatic rings. The van der Waals surface area contributed by atoms with Crippen LogP contribution in [0.25, 0.3) is 11.1 Å². The predicted molar refractivity (Wildman–Crippen MR) is 81.2 cm³/mol. The largest absolute Gasteiger partial charge is 0.310 e. The molecule has 104 valence electrons. The first-order valence-electron chi connectivity index (χ1n) is 7.23. The second-order valence-electron chi connectivity index (χ2n) is 5.79. The minimum atomic E-state index is -0.146. The molecular formula is C18H20FN. The highest BCUT2D eigenvalue weighted by atomic mass is 19.1. The Hall–Kier alpha value is -1.67. The van der Waals surface area contributed by atoms with E-state index in [0.29, 0.717) is 11.6 Å². The molecular weight excluding hydrogens is 249 g/mol. The highest BCUT2D eigenvalue weighted by Crippen LogP contribution is 2.28. The lowest BCUT2D eigenvalue weighted by molar-refractivity contribution is 0.628. The van der Waals surface area contributed by atoms with Crippen LogP contribution >= 0.6 is 0 Å². The maximum absolute atomic E-state index is 14.1. The van der Waals surface area contributed by atoms with Crippen molar-refractivity contribution in [2.75, 3.05) is 0 Å². The van der Waals surface area contributed by atoms with Crippen LogP contribution in [0.2, 0.25) is 0 Å². The van der Waals surface area contributed by atoms with Crippen LogP contribution in [0.15, 0.2) is 36.4 Å². The van der Waals surface area contributed by atoms with Gasteiger partial charge in [0, 0.05) is 18.2 Å². The lowest BCUT2D eigenvalue weighted by Gasteiger charge is -2.11. The van der Waals surface area contributed by atoms with Gasteiger partial charge in [0.1, 0.15) is 5.82 Å². The Labute approximate surface area is 119 Å². The van der Waals surface area contributed by atoms with Crippen LogP contribution in [0.5, 0.6) is 0 Å². The van der Waals surface area contributed by atoms with Crippen LogP contribution < -0.4 is 5.32 Å². The summed E-state index contributed by atoms with van der Waals surface area (Å²) in [7, 11) is 0. The normalized spacial score (nSPS) is 14.6. The second-order valence-corrected chi connectivity index (χ2v) is 5.79. The van der Waals surface area contributed by atoms with Crippen molar-refractivity contribution in [3.8, 4) is 11.1 Å². The molecule has 20 heavy (non-hydrogen) atoms. The first kappa shape index (κ1) is 13.3. The smallest absolute Gasteiger partial charge is 0.131 e. The van der Waals surface area contributed by atoms with Gasteiger partial charge in [-0.05, 0) is 55.5 Å². The number of rotatable bonds is 4. The Morgan fingerprint density at radius 2 is 1.85 bits per heavy atom. The molecule has 0 aromatic heterocycles. The summed E-state index contributed by atoms with van der Waals surface area (Å²) in [5.41, 5.74) is 5.17. The first-order valence-corrected chi connectivity index (χ1v) is 7.23. The highest BCUT2D eigenvalue weighted by molar-refractivity contribution is 5.68. The van der Waals surface area contributed by atoms with Crippen LogP contribution in [-0.4, -0.2) is 6.04 Å². The minimum Gasteiger partial charge on any atom is -0.310 e. The fourth-order valence-electron chi connectivity index (χ4n) is 2.55. The maximum Gasteiger partial charge on any atom is 0.131 e. The van der Waals surface area contributed by atoms with Crippen molar-refractivity contribution in [1.82, 2.24) is 5.32 Å². The third-order valence-electron chi connectivity index (χ3n) is 3.88. The lowest BCUT2D eigenvalue weighted by atomic mass is 9.97. The molecule has 3 rings (SSSR count). The van der Waals surface area contributed by atoms with Crippen LogP contribution in [0.1, 0.15) is 29.5 Å². The van der Waals surface area contributed by atoms with Gasteiger partial charge in [-0.3, -0.25) is 0 Å². The molecule has 0 radical (unpaired) electrons. The standard InChI is InChI=1S/C18H20FN/c1-12-3-7-16(13(2)9-12)17-10-14(4-8-18(17)19)11-20-15-5-6-15/h3-4,7-10,15,20H,5-6,11H2,1-2H3. The second kappa shape index (κ2) is 5.37. The fraction of sp³-hybridized carbons (Fsp3) is 0.333. The molecule has 1 fully saturated rings.